The SMILES string of the molecule is CN(C)CC(=O)N1CCO[C@@H](c2cccc(-c3cccc(C(N)=O)c3)n2)C1. The topological polar surface area (TPSA) is 88.8 Å². The monoisotopic (exact) mass is 368 g/mol. The summed E-state index contributed by atoms with van der Waals surface area (Å²) in [6.45, 7) is 1.92. The number of nitrogens with two attached hydrogens (primary N) is 1. The highest BCUT2D eigenvalue weighted by atomic mass is 16.5. The van der Waals surface area contributed by atoms with Gasteiger partial charge in [-0.2, -0.15) is 0 Å². The van der Waals surface area contributed by atoms with Gasteiger partial charge in [-0.1, -0.05) is 18.2 Å². The third-order valence-electron chi connectivity index (χ3n) is 4.41. The van der Waals surface area contributed by atoms with E-state index >= 15 is 0 Å². The van der Waals surface area contributed by atoms with Crippen LogP contribution in [-0.4, -0.2) is 66.9 Å². The van der Waals surface area contributed by atoms with Crippen molar-refractivity contribution in [2.45, 2.75) is 6.10 Å². The molecule has 2 N–H and O–H groups in total. The number of carbonyl (C=O) groups is 2. The zero-order valence-electron chi connectivity index (χ0n) is 15.6. The molecular weight excluding hydrogens is 344 g/mol. The van der Waals surface area contributed by atoms with Crippen molar-refractivity contribution in [2.75, 3.05) is 40.3 Å². The number of rotatable bonds is 5. The van der Waals surface area contributed by atoms with Crippen molar-refractivity contribution in [1.29, 1.82) is 0 Å². The van der Waals surface area contributed by atoms with Crippen LogP contribution in [0.4, 0.5) is 0 Å². The summed E-state index contributed by atoms with van der Waals surface area (Å²) in [4.78, 5) is 32.1. The Labute approximate surface area is 158 Å². The minimum absolute atomic E-state index is 0.0820. The van der Waals surface area contributed by atoms with Gasteiger partial charge >= 0.3 is 0 Å². The second kappa shape index (κ2) is 8.28. The van der Waals surface area contributed by atoms with E-state index in [1.165, 1.54) is 0 Å². The number of nitrogens with zero attached hydrogens (tertiary/aromatic N) is 3. The van der Waals surface area contributed by atoms with E-state index in [0.717, 1.165) is 17.0 Å². The van der Waals surface area contributed by atoms with Crippen molar-refractivity contribution >= 4 is 11.8 Å². The second-order valence-electron chi connectivity index (χ2n) is 6.83. The van der Waals surface area contributed by atoms with Crippen LogP contribution < -0.4 is 5.73 Å². The zero-order chi connectivity index (χ0) is 19.4. The Kier molecular flexibility index (Phi) is 5.83. The van der Waals surface area contributed by atoms with Crippen LogP contribution in [-0.2, 0) is 9.53 Å². The van der Waals surface area contributed by atoms with E-state index in [4.69, 9.17) is 15.5 Å². The van der Waals surface area contributed by atoms with Gasteiger partial charge in [0.2, 0.25) is 11.8 Å². The first kappa shape index (κ1) is 19.0. The number of ether oxygens (including phenoxy) is 1. The van der Waals surface area contributed by atoms with Crippen molar-refractivity contribution in [2.24, 2.45) is 5.73 Å². The van der Waals surface area contributed by atoms with Crippen LogP contribution in [0.1, 0.15) is 22.2 Å². The number of primary amides is 1. The molecule has 2 amide bonds. The zero-order valence-corrected chi connectivity index (χ0v) is 15.6. The molecule has 1 atom stereocenters. The van der Waals surface area contributed by atoms with Crippen LogP contribution in [0.3, 0.4) is 0 Å². The molecule has 1 aliphatic heterocycles. The fourth-order valence-electron chi connectivity index (χ4n) is 3.05. The number of likely N-dealkylation sites (N-methyl/N-ethyl adjacent to an activating group) is 1. The molecule has 0 saturated carbocycles. The third kappa shape index (κ3) is 4.69. The number of hydrogen-bond acceptors (Lipinski definition) is 5. The first-order valence-corrected chi connectivity index (χ1v) is 8.85. The van der Waals surface area contributed by atoms with Crippen LogP contribution in [0.5, 0.6) is 0 Å². The van der Waals surface area contributed by atoms with Gasteiger partial charge in [0, 0.05) is 17.7 Å². The Hall–Kier alpha value is -2.77. The van der Waals surface area contributed by atoms with E-state index < -0.39 is 5.91 Å². The van der Waals surface area contributed by atoms with Crippen LogP contribution >= 0.6 is 0 Å². The predicted molar refractivity (Wildman–Crippen MR) is 102 cm³/mol. The Morgan fingerprint density at radius 3 is 2.78 bits per heavy atom. The minimum Gasteiger partial charge on any atom is -0.368 e. The Bertz CT molecular complexity index is 837. The average Bonchev–Trinajstić information content (AvgIpc) is 2.68. The van der Waals surface area contributed by atoms with Gasteiger partial charge in [0.1, 0.15) is 6.10 Å². The molecular formula is C20H24N4O3. The number of aromatic nitrogens is 1. The molecule has 0 bridgehead atoms. The highest BCUT2D eigenvalue weighted by Crippen LogP contribution is 2.24. The summed E-state index contributed by atoms with van der Waals surface area (Å²) < 4.78 is 5.86. The minimum atomic E-state index is -0.473. The fraction of sp³-hybridized carbons (Fsp3) is 0.350. The lowest BCUT2D eigenvalue weighted by atomic mass is 10.1. The van der Waals surface area contributed by atoms with E-state index in [-0.39, 0.29) is 12.0 Å². The first-order valence-electron chi connectivity index (χ1n) is 8.85. The molecule has 0 aliphatic carbocycles. The summed E-state index contributed by atoms with van der Waals surface area (Å²) in [6, 6.07) is 12.7. The van der Waals surface area contributed by atoms with Crippen LogP contribution in [0.2, 0.25) is 0 Å². The normalized spacial score (nSPS) is 17.1. The summed E-state index contributed by atoms with van der Waals surface area (Å²) >= 11 is 0. The van der Waals surface area contributed by atoms with E-state index in [1.54, 1.807) is 18.2 Å². The third-order valence-corrected chi connectivity index (χ3v) is 4.41. The fourth-order valence-corrected chi connectivity index (χ4v) is 3.05. The molecule has 2 aromatic rings. The van der Waals surface area contributed by atoms with E-state index in [1.807, 2.05) is 48.2 Å². The lowest BCUT2D eigenvalue weighted by molar-refractivity contribution is -0.139. The molecule has 0 radical (unpaired) electrons. The molecule has 1 aliphatic rings. The molecule has 2 heterocycles. The van der Waals surface area contributed by atoms with Crippen molar-refractivity contribution in [1.82, 2.24) is 14.8 Å². The molecule has 7 heteroatoms. The molecule has 1 aromatic heterocycles. The molecule has 0 unspecified atom stereocenters. The Morgan fingerprint density at radius 2 is 2.04 bits per heavy atom. The van der Waals surface area contributed by atoms with Gasteiger partial charge in [-0.3, -0.25) is 9.59 Å². The second-order valence-corrected chi connectivity index (χ2v) is 6.83. The number of amides is 2. The lowest BCUT2D eigenvalue weighted by Gasteiger charge is -2.33. The smallest absolute Gasteiger partial charge is 0.248 e. The summed E-state index contributed by atoms with van der Waals surface area (Å²) in [7, 11) is 3.75. The Morgan fingerprint density at radius 1 is 1.26 bits per heavy atom. The molecule has 1 fully saturated rings. The molecule has 1 aromatic carbocycles. The summed E-state index contributed by atoms with van der Waals surface area (Å²) in [5.41, 5.74) is 8.11. The predicted octanol–water partition coefficient (Wildman–Crippen LogP) is 1.31. The van der Waals surface area contributed by atoms with Gasteiger partial charge in [0.15, 0.2) is 0 Å². The summed E-state index contributed by atoms with van der Waals surface area (Å²) in [5, 5.41) is 0. The van der Waals surface area contributed by atoms with E-state index in [9.17, 15) is 9.59 Å². The largest absolute Gasteiger partial charge is 0.368 e. The highest BCUT2D eigenvalue weighted by molar-refractivity contribution is 5.94. The van der Waals surface area contributed by atoms with Gasteiger partial charge in [0.25, 0.3) is 0 Å². The van der Waals surface area contributed by atoms with Crippen LogP contribution in [0.25, 0.3) is 11.3 Å². The maximum Gasteiger partial charge on any atom is 0.248 e. The molecule has 0 spiro atoms. The molecule has 7 nitrogen and oxygen atoms in total. The highest BCUT2D eigenvalue weighted by Gasteiger charge is 2.26. The molecule has 142 valence electrons. The molecule has 27 heavy (non-hydrogen) atoms. The quantitative estimate of drug-likeness (QED) is 0.860. The number of carbonyl (C=O) groups excluding carboxylic acids is 2. The lowest BCUT2D eigenvalue weighted by Crippen LogP contribution is -2.45. The van der Waals surface area contributed by atoms with Crippen molar-refractivity contribution < 1.29 is 14.3 Å². The number of benzene rings is 1. The first-order chi connectivity index (χ1) is 12.9. The standard InChI is InChI=1S/C20H24N4O3/c1-23(2)13-19(25)24-9-10-27-18(12-24)17-8-4-7-16(22-17)14-5-3-6-15(11-14)20(21)26/h3-8,11,18H,9-10,12-13H2,1-2H3,(H2,21,26)/t18-/m1/s1. The number of hydrogen-bond donors (Lipinski definition) is 1. The summed E-state index contributed by atoms with van der Waals surface area (Å²) in [5.74, 6) is -0.391. The van der Waals surface area contributed by atoms with Crippen LogP contribution in [0.15, 0.2) is 42.5 Å². The molecule has 1 saturated heterocycles. The van der Waals surface area contributed by atoms with Crippen molar-refractivity contribution in [3.05, 3.63) is 53.7 Å². The number of pyridine rings is 1. The number of morpholine rings is 1. The van der Waals surface area contributed by atoms with Gasteiger partial charge in [-0.15, -0.1) is 0 Å². The van der Waals surface area contributed by atoms with Gasteiger partial charge < -0.3 is 20.3 Å². The van der Waals surface area contributed by atoms with Gasteiger partial charge in [-0.05, 0) is 38.4 Å². The maximum atomic E-state index is 12.3. The van der Waals surface area contributed by atoms with Gasteiger partial charge in [0.05, 0.1) is 31.1 Å². The van der Waals surface area contributed by atoms with Crippen LogP contribution in [0, 0.1) is 0 Å². The average molecular weight is 368 g/mol. The van der Waals surface area contributed by atoms with E-state index in [2.05, 4.69) is 0 Å². The van der Waals surface area contributed by atoms with Crippen molar-refractivity contribution in [3.63, 3.8) is 0 Å². The van der Waals surface area contributed by atoms with Gasteiger partial charge in [-0.25, -0.2) is 4.98 Å². The summed E-state index contributed by atoms with van der Waals surface area (Å²) in [6.07, 6.45) is -0.274. The van der Waals surface area contributed by atoms with E-state index in [0.29, 0.717) is 31.8 Å². The maximum absolute atomic E-state index is 12.3. The van der Waals surface area contributed by atoms with Crippen molar-refractivity contribution in [3.8, 4) is 11.3 Å². The Balaban J connectivity index is 1.80. The molecule has 3 rings (SSSR count).